The Hall–Kier alpha value is -1.59. The molecule has 0 amide bonds. The highest BCUT2D eigenvalue weighted by Crippen LogP contribution is 2.27. The van der Waals surface area contributed by atoms with Crippen LogP contribution in [0.15, 0.2) is 24.4 Å². The Bertz CT molecular complexity index is 812. The second kappa shape index (κ2) is 4.51. The fourth-order valence-electron chi connectivity index (χ4n) is 2.31. The number of benzene rings is 1. The summed E-state index contributed by atoms with van der Waals surface area (Å²) in [5, 5.41) is 5.13. The van der Waals surface area contributed by atoms with Crippen molar-refractivity contribution in [3.05, 3.63) is 39.9 Å². The molecule has 1 N–H and O–H groups in total. The number of aromatic nitrogens is 4. The Morgan fingerprint density at radius 2 is 2.21 bits per heavy atom. The predicted molar refractivity (Wildman–Crippen MR) is 79.6 cm³/mol. The van der Waals surface area contributed by atoms with Crippen LogP contribution in [-0.4, -0.2) is 19.3 Å². The molecule has 0 aliphatic rings. The summed E-state index contributed by atoms with van der Waals surface area (Å²) in [6, 6.07) is 5.74. The highest BCUT2D eigenvalue weighted by atomic mass is 35.5. The normalized spacial score (nSPS) is 11.3. The third kappa shape index (κ3) is 1.89. The number of rotatable bonds is 2. The minimum Gasteiger partial charge on any atom is -0.330 e. The minimum absolute atomic E-state index is 0.630. The summed E-state index contributed by atoms with van der Waals surface area (Å²) in [6.45, 7) is 2.08. The molecule has 1 aromatic carbocycles. The molecule has 0 unspecified atom stereocenters. The van der Waals surface area contributed by atoms with Crippen LogP contribution in [0.25, 0.3) is 16.7 Å². The number of para-hydroxylation sites is 1. The molecule has 3 aromatic rings. The van der Waals surface area contributed by atoms with Crippen molar-refractivity contribution in [2.24, 2.45) is 7.05 Å². The second-order valence-corrected chi connectivity index (χ2v) is 5.18. The molecule has 2 aromatic heterocycles. The van der Waals surface area contributed by atoms with E-state index in [0.717, 1.165) is 28.8 Å². The van der Waals surface area contributed by atoms with Gasteiger partial charge in [0.05, 0.1) is 27.4 Å². The highest BCUT2D eigenvalue weighted by Gasteiger charge is 2.14. The lowest BCUT2D eigenvalue weighted by Crippen LogP contribution is -1.97. The quantitative estimate of drug-likeness (QED) is 0.732. The molecular weight excluding hydrogens is 280 g/mol. The maximum absolute atomic E-state index is 6.31. The van der Waals surface area contributed by atoms with Gasteiger partial charge in [-0.25, -0.2) is 0 Å². The molecule has 3 rings (SSSR count). The molecule has 0 spiro atoms. The molecule has 98 valence electrons. The number of aryl methyl sites for hydroxylation is 2. The number of halogens is 1. The molecule has 0 aliphatic carbocycles. The van der Waals surface area contributed by atoms with Crippen LogP contribution >= 0.6 is 23.8 Å². The smallest absolute Gasteiger partial charge is 0.182 e. The number of hydrogen-bond donors (Lipinski definition) is 1. The summed E-state index contributed by atoms with van der Waals surface area (Å²) in [5.74, 6) is 0. The molecule has 0 saturated heterocycles. The predicted octanol–water partition coefficient (Wildman–Crippen LogP) is 3.64. The van der Waals surface area contributed by atoms with Crippen molar-refractivity contribution < 1.29 is 0 Å². The van der Waals surface area contributed by atoms with Crippen LogP contribution < -0.4 is 0 Å². The zero-order chi connectivity index (χ0) is 13.6. The van der Waals surface area contributed by atoms with Crippen LogP contribution in [0.5, 0.6) is 0 Å². The van der Waals surface area contributed by atoms with E-state index in [1.165, 1.54) is 0 Å². The SMILES string of the molecule is CCc1nn(C)cc1-n1c(=S)[nH]c2cccc(Cl)c21. The summed E-state index contributed by atoms with van der Waals surface area (Å²) < 4.78 is 4.38. The Morgan fingerprint density at radius 3 is 2.95 bits per heavy atom. The molecular formula is C13H13ClN4S. The van der Waals surface area contributed by atoms with Crippen LogP contribution in [0, 0.1) is 4.77 Å². The fourth-order valence-corrected chi connectivity index (χ4v) is 2.87. The first kappa shape index (κ1) is 12.4. The van der Waals surface area contributed by atoms with Crippen molar-refractivity contribution in [3.63, 3.8) is 0 Å². The van der Waals surface area contributed by atoms with Gasteiger partial charge in [-0.1, -0.05) is 24.6 Å². The molecule has 0 fully saturated rings. The van der Waals surface area contributed by atoms with Crippen molar-refractivity contribution in [1.82, 2.24) is 19.3 Å². The van der Waals surface area contributed by atoms with Gasteiger partial charge in [-0.3, -0.25) is 9.25 Å². The zero-order valence-corrected chi connectivity index (χ0v) is 12.2. The van der Waals surface area contributed by atoms with Gasteiger partial charge in [0.25, 0.3) is 0 Å². The number of nitrogens with zero attached hydrogens (tertiary/aromatic N) is 3. The van der Waals surface area contributed by atoms with Gasteiger partial charge in [0.15, 0.2) is 4.77 Å². The van der Waals surface area contributed by atoms with Crippen LogP contribution in [0.4, 0.5) is 0 Å². The topological polar surface area (TPSA) is 38.5 Å². The van der Waals surface area contributed by atoms with Crippen LogP contribution in [-0.2, 0) is 13.5 Å². The van der Waals surface area contributed by atoms with E-state index in [-0.39, 0.29) is 0 Å². The fraction of sp³-hybridized carbons (Fsp3) is 0.231. The molecule has 0 atom stereocenters. The lowest BCUT2D eigenvalue weighted by atomic mass is 10.2. The lowest BCUT2D eigenvalue weighted by Gasteiger charge is -2.04. The summed E-state index contributed by atoms with van der Waals surface area (Å²) in [4.78, 5) is 3.18. The third-order valence-corrected chi connectivity index (χ3v) is 3.70. The zero-order valence-electron chi connectivity index (χ0n) is 10.6. The monoisotopic (exact) mass is 292 g/mol. The molecule has 2 heterocycles. The van der Waals surface area contributed by atoms with Gasteiger partial charge in [0.2, 0.25) is 0 Å². The number of imidazole rings is 1. The van der Waals surface area contributed by atoms with Gasteiger partial charge >= 0.3 is 0 Å². The number of aromatic amines is 1. The van der Waals surface area contributed by atoms with Crippen LogP contribution in [0.3, 0.4) is 0 Å². The van der Waals surface area contributed by atoms with E-state index in [2.05, 4.69) is 17.0 Å². The lowest BCUT2D eigenvalue weighted by molar-refractivity contribution is 0.746. The first-order valence-corrected chi connectivity index (χ1v) is 6.82. The first-order valence-electron chi connectivity index (χ1n) is 6.04. The summed E-state index contributed by atoms with van der Waals surface area (Å²) in [5.41, 5.74) is 3.81. The standard InChI is InChI=1S/C13H13ClN4S/c1-3-9-11(7-17(2)16-9)18-12-8(14)5-4-6-10(12)15-13(18)19/h4-7H,3H2,1-2H3,(H,15,19). The number of H-pyrrole nitrogens is 1. The Labute approximate surface area is 120 Å². The maximum Gasteiger partial charge on any atom is 0.182 e. The number of nitrogens with one attached hydrogen (secondary N) is 1. The summed E-state index contributed by atoms with van der Waals surface area (Å²) in [7, 11) is 1.91. The maximum atomic E-state index is 6.31. The molecule has 0 saturated carbocycles. The molecule has 0 aliphatic heterocycles. The van der Waals surface area contributed by atoms with E-state index in [1.807, 2.05) is 36.0 Å². The highest BCUT2D eigenvalue weighted by molar-refractivity contribution is 7.71. The van der Waals surface area contributed by atoms with Crippen molar-refractivity contribution in [2.45, 2.75) is 13.3 Å². The Kier molecular flexibility index (Phi) is 2.95. The largest absolute Gasteiger partial charge is 0.330 e. The summed E-state index contributed by atoms with van der Waals surface area (Å²) in [6.07, 6.45) is 2.81. The van der Waals surface area contributed by atoms with E-state index < -0.39 is 0 Å². The van der Waals surface area contributed by atoms with Crippen LogP contribution in [0.2, 0.25) is 5.02 Å². The summed E-state index contributed by atoms with van der Waals surface area (Å²) >= 11 is 11.7. The molecule has 19 heavy (non-hydrogen) atoms. The van der Waals surface area contributed by atoms with E-state index in [9.17, 15) is 0 Å². The van der Waals surface area contributed by atoms with E-state index in [1.54, 1.807) is 4.68 Å². The van der Waals surface area contributed by atoms with Crippen molar-refractivity contribution in [3.8, 4) is 5.69 Å². The first-order chi connectivity index (χ1) is 9.11. The Balaban J connectivity index is 2.42. The van der Waals surface area contributed by atoms with Crippen LogP contribution in [0.1, 0.15) is 12.6 Å². The van der Waals surface area contributed by atoms with Gasteiger partial charge in [-0.15, -0.1) is 0 Å². The van der Waals surface area contributed by atoms with E-state index in [0.29, 0.717) is 9.79 Å². The van der Waals surface area contributed by atoms with E-state index >= 15 is 0 Å². The third-order valence-electron chi connectivity index (χ3n) is 3.11. The van der Waals surface area contributed by atoms with Gasteiger partial charge in [-0.05, 0) is 30.8 Å². The van der Waals surface area contributed by atoms with Gasteiger partial charge in [0, 0.05) is 13.2 Å². The molecule has 4 nitrogen and oxygen atoms in total. The van der Waals surface area contributed by atoms with Crippen molar-refractivity contribution >= 4 is 34.9 Å². The van der Waals surface area contributed by atoms with Gasteiger partial charge < -0.3 is 4.98 Å². The van der Waals surface area contributed by atoms with Crippen molar-refractivity contribution in [1.29, 1.82) is 0 Å². The molecule has 0 radical (unpaired) electrons. The average molecular weight is 293 g/mol. The average Bonchev–Trinajstić information content (AvgIpc) is 2.89. The van der Waals surface area contributed by atoms with Gasteiger partial charge in [0.1, 0.15) is 0 Å². The van der Waals surface area contributed by atoms with E-state index in [4.69, 9.17) is 23.8 Å². The molecule has 6 heteroatoms. The molecule has 0 bridgehead atoms. The minimum atomic E-state index is 0.630. The van der Waals surface area contributed by atoms with Crippen molar-refractivity contribution in [2.75, 3.05) is 0 Å². The number of hydrogen-bond acceptors (Lipinski definition) is 2. The number of fused-ring (bicyclic) bond motifs is 1. The second-order valence-electron chi connectivity index (χ2n) is 4.39. The Morgan fingerprint density at radius 1 is 1.42 bits per heavy atom. The van der Waals surface area contributed by atoms with Gasteiger partial charge in [-0.2, -0.15) is 5.10 Å².